The summed E-state index contributed by atoms with van der Waals surface area (Å²) in [6, 6.07) is 15.3. The number of aryl methyl sites for hydroxylation is 1. The molecule has 0 aliphatic carbocycles. The zero-order valence-electron chi connectivity index (χ0n) is 17.7. The monoisotopic (exact) mass is 480 g/mol. The Hall–Kier alpha value is -1.54. The van der Waals surface area contributed by atoms with E-state index in [-0.39, 0.29) is 17.6 Å². The number of hydrogen-bond acceptors (Lipinski definition) is 4. The number of amides is 1. The Kier molecular flexibility index (Phi) is 8.84. The van der Waals surface area contributed by atoms with Gasteiger partial charge >= 0.3 is 0 Å². The van der Waals surface area contributed by atoms with E-state index in [1.807, 2.05) is 55.5 Å². The van der Waals surface area contributed by atoms with E-state index in [0.29, 0.717) is 32.5 Å². The van der Waals surface area contributed by atoms with Gasteiger partial charge in [0.15, 0.2) is 0 Å². The van der Waals surface area contributed by atoms with Crippen molar-refractivity contribution in [2.45, 2.75) is 31.3 Å². The van der Waals surface area contributed by atoms with Gasteiger partial charge in [-0.05, 0) is 42.5 Å². The average molecular weight is 481 g/mol. The number of carbonyl (C=O) groups is 1. The van der Waals surface area contributed by atoms with Crippen molar-refractivity contribution < 1.29 is 13.2 Å². The smallest absolute Gasteiger partial charge is 0.223 e. The Morgan fingerprint density at radius 2 is 1.74 bits per heavy atom. The number of rotatable bonds is 9. The molecule has 0 aromatic heterocycles. The molecule has 1 N–H and O–H groups in total. The first-order valence-electron chi connectivity index (χ1n) is 10.5. The maximum atomic E-state index is 12.8. The Balaban J connectivity index is 1.38. The number of nitrogens with one attached hydrogen (secondary N) is 1. The lowest BCUT2D eigenvalue weighted by atomic mass is 9.97. The van der Waals surface area contributed by atoms with Crippen LogP contribution in [0.4, 0.5) is 0 Å². The molecule has 1 amide bonds. The van der Waals surface area contributed by atoms with Gasteiger partial charge in [-0.1, -0.05) is 54.1 Å². The van der Waals surface area contributed by atoms with Gasteiger partial charge in [0, 0.05) is 42.1 Å². The van der Waals surface area contributed by atoms with E-state index in [9.17, 15) is 13.2 Å². The van der Waals surface area contributed by atoms with Gasteiger partial charge in [-0.15, -0.1) is 0 Å². The Morgan fingerprint density at radius 1 is 1.10 bits per heavy atom. The van der Waals surface area contributed by atoms with E-state index in [1.54, 1.807) is 11.8 Å². The Morgan fingerprint density at radius 3 is 2.42 bits per heavy atom. The molecule has 3 rings (SSSR count). The van der Waals surface area contributed by atoms with Crippen LogP contribution in [0, 0.1) is 12.8 Å². The van der Waals surface area contributed by atoms with Crippen LogP contribution in [0.1, 0.15) is 29.5 Å². The molecule has 5 nitrogen and oxygen atoms in total. The van der Waals surface area contributed by atoms with Crippen molar-refractivity contribution in [3.05, 3.63) is 70.2 Å². The minimum absolute atomic E-state index is 0.0131. The van der Waals surface area contributed by atoms with Crippen molar-refractivity contribution in [2.75, 3.05) is 25.4 Å². The van der Waals surface area contributed by atoms with E-state index in [0.717, 1.165) is 33.2 Å². The van der Waals surface area contributed by atoms with Gasteiger partial charge in [-0.3, -0.25) is 4.79 Å². The van der Waals surface area contributed by atoms with Gasteiger partial charge < -0.3 is 5.32 Å². The molecule has 1 saturated heterocycles. The van der Waals surface area contributed by atoms with Gasteiger partial charge in [-0.2, -0.15) is 11.8 Å². The minimum Gasteiger partial charge on any atom is -0.355 e. The second kappa shape index (κ2) is 11.4. The third-order valence-electron chi connectivity index (χ3n) is 5.58. The van der Waals surface area contributed by atoms with Crippen LogP contribution < -0.4 is 5.32 Å². The van der Waals surface area contributed by atoms with Crippen LogP contribution in [-0.4, -0.2) is 44.0 Å². The van der Waals surface area contributed by atoms with Crippen LogP contribution in [0.3, 0.4) is 0 Å². The SMILES string of the molecule is Cc1ccccc1CS(=O)(=O)N1CCC(C(=O)NCCSCc2ccccc2Cl)CC1. The molecule has 8 heteroatoms. The lowest BCUT2D eigenvalue weighted by Gasteiger charge is -2.30. The quantitative estimate of drug-likeness (QED) is 0.545. The molecule has 168 valence electrons. The zero-order valence-corrected chi connectivity index (χ0v) is 20.1. The van der Waals surface area contributed by atoms with Crippen molar-refractivity contribution >= 4 is 39.3 Å². The molecule has 0 radical (unpaired) electrons. The van der Waals surface area contributed by atoms with Crippen molar-refractivity contribution in [3.63, 3.8) is 0 Å². The Bertz CT molecular complexity index is 990. The normalized spacial score (nSPS) is 15.7. The summed E-state index contributed by atoms with van der Waals surface area (Å²) in [4.78, 5) is 12.5. The van der Waals surface area contributed by atoms with E-state index in [1.165, 1.54) is 4.31 Å². The number of piperidine rings is 1. The van der Waals surface area contributed by atoms with Crippen LogP contribution in [0.2, 0.25) is 5.02 Å². The zero-order chi connectivity index (χ0) is 22.3. The third-order valence-corrected chi connectivity index (χ3v) is 8.78. The maximum absolute atomic E-state index is 12.8. The summed E-state index contributed by atoms with van der Waals surface area (Å²) in [5.41, 5.74) is 2.91. The standard InChI is InChI=1S/C23H29ClN2O3S2/c1-18-6-2-3-8-21(18)17-31(28,29)26-13-10-19(11-14-26)23(27)25-12-15-30-16-20-7-4-5-9-22(20)24/h2-9,19H,10-17H2,1H3,(H,25,27). The number of sulfonamides is 1. The molecule has 1 heterocycles. The van der Waals surface area contributed by atoms with Gasteiger partial charge in [0.2, 0.25) is 15.9 Å². The highest BCUT2D eigenvalue weighted by Crippen LogP contribution is 2.23. The number of benzene rings is 2. The van der Waals surface area contributed by atoms with Crippen molar-refractivity contribution in [1.29, 1.82) is 0 Å². The minimum atomic E-state index is -3.37. The fourth-order valence-corrected chi connectivity index (χ4v) is 6.46. The number of hydrogen-bond donors (Lipinski definition) is 1. The van der Waals surface area contributed by atoms with E-state index >= 15 is 0 Å². The fraction of sp³-hybridized carbons (Fsp3) is 0.435. The number of thioether (sulfide) groups is 1. The second-order valence-corrected chi connectivity index (χ2v) is 11.3. The average Bonchev–Trinajstić information content (AvgIpc) is 2.76. The second-order valence-electron chi connectivity index (χ2n) is 7.79. The molecule has 2 aromatic carbocycles. The summed E-state index contributed by atoms with van der Waals surface area (Å²) in [6.07, 6.45) is 1.12. The summed E-state index contributed by atoms with van der Waals surface area (Å²) < 4.78 is 27.1. The van der Waals surface area contributed by atoms with Crippen LogP contribution in [0.15, 0.2) is 48.5 Å². The first-order valence-corrected chi connectivity index (χ1v) is 13.6. The first kappa shape index (κ1) is 24.1. The topological polar surface area (TPSA) is 66.5 Å². The molecule has 0 unspecified atom stereocenters. The molecule has 0 bridgehead atoms. The molecule has 0 spiro atoms. The first-order chi connectivity index (χ1) is 14.9. The van der Waals surface area contributed by atoms with Crippen LogP contribution in [0.5, 0.6) is 0 Å². The van der Waals surface area contributed by atoms with Gasteiger partial charge in [0.1, 0.15) is 0 Å². The molecule has 0 atom stereocenters. The van der Waals surface area contributed by atoms with Crippen LogP contribution in [0.25, 0.3) is 0 Å². The highest BCUT2D eigenvalue weighted by molar-refractivity contribution is 7.98. The number of carbonyl (C=O) groups excluding carboxylic acids is 1. The number of halogens is 1. The largest absolute Gasteiger partial charge is 0.355 e. The highest BCUT2D eigenvalue weighted by Gasteiger charge is 2.31. The predicted octanol–water partition coefficient (Wildman–Crippen LogP) is 4.24. The lowest BCUT2D eigenvalue weighted by molar-refractivity contribution is -0.125. The van der Waals surface area contributed by atoms with Crippen molar-refractivity contribution in [2.24, 2.45) is 5.92 Å². The lowest BCUT2D eigenvalue weighted by Crippen LogP contribution is -2.43. The van der Waals surface area contributed by atoms with Crippen molar-refractivity contribution in [1.82, 2.24) is 9.62 Å². The molecule has 1 aliphatic rings. The molecule has 0 saturated carbocycles. The molecular formula is C23H29ClN2O3S2. The number of nitrogens with zero attached hydrogens (tertiary/aromatic N) is 1. The predicted molar refractivity (Wildman–Crippen MR) is 129 cm³/mol. The van der Waals surface area contributed by atoms with Crippen LogP contribution in [-0.2, 0) is 26.3 Å². The maximum Gasteiger partial charge on any atom is 0.223 e. The van der Waals surface area contributed by atoms with E-state index in [2.05, 4.69) is 5.32 Å². The summed E-state index contributed by atoms with van der Waals surface area (Å²) >= 11 is 7.88. The summed E-state index contributed by atoms with van der Waals surface area (Å²) in [5, 5.41) is 3.76. The summed E-state index contributed by atoms with van der Waals surface area (Å²) in [7, 11) is -3.37. The molecule has 31 heavy (non-hydrogen) atoms. The van der Waals surface area contributed by atoms with Gasteiger partial charge in [0.05, 0.1) is 5.75 Å². The molecule has 2 aromatic rings. The highest BCUT2D eigenvalue weighted by atomic mass is 35.5. The molecule has 1 fully saturated rings. The Labute approximate surface area is 194 Å². The van der Waals surface area contributed by atoms with Gasteiger partial charge in [-0.25, -0.2) is 12.7 Å². The van der Waals surface area contributed by atoms with Gasteiger partial charge in [0.25, 0.3) is 0 Å². The molecular weight excluding hydrogens is 452 g/mol. The summed E-state index contributed by atoms with van der Waals surface area (Å²) in [5.74, 6) is 1.53. The van der Waals surface area contributed by atoms with E-state index < -0.39 is 10.0 Å². The van der Waals surface area contributed by atoms with E-state index in [4.69, 9.17) is 11.6 Å². The molecule has 1 aliphatic heterocycles. The van der Waals surface area contributed by atoms with Crippen LogP contribution >= 0.6 is 23.4 Å². The fourth-order valence-electron chi connectivity index (χ4n) is 3.64. The van der Waals surface area contributed by atoms with Crippen molar-refractivity contribution in [3.8, 4) is 0 Å². The summed E-state index contributed by atoms with van der Waals surface area (Å²) in [6.45, 7) is 3.31. The third kappa shape index (κ3) is 6.97.